The molecule has 94 valence electrons. The van der Waals surface area contributed by atoms with Crippen LogP contribution in [0, 0.1) is 23.2 Å². The van der Waals surface area contributed by atoms with Gasteiger partial charge in [0.05, 0.1) is 19.3 Å². The number of nitrogens with zero attached hydrogens (tertiary/aromatic N) is 2. The van der Waals surface area contributed by atoms with Crippen molar-refractivity contribution < 1.29 is 4.74 Å². The van der Waals surface area contributed by atoms with Crippen LogP contribution in [-0.2, 0) is 4.74 Å². The summed E-state index contributed by atoms with van der Waals surface area (Å²) in [6, 6.07) is 2.30. The van der Waals surface area contributed by atoms with Crippen molar-refractivity contribution >= 4 is 0 Å². The molecule has 3 atom stereocenters. The topological polar surface area (TPSA) is 36.3 Å². The zero-order chi connectivity index (χ0) is 12.3. The van der Waals surface area contributed by atoms with E-state index >= 15 is 0 Å². The Labute approximate surface area is 104 Å². The average Bonchev–Trinajstić information content (AvgIpc) is 2.34. The van der Waals surface area contributed by atoms with Crippen LogP contribution in [0.5, 0.6) is 0 Å². The molecule has 1 aliphatic heterocycles. The monoisotopic (exact) mass is 234 g/mol. The number of rotatable bonds is 2. The molecule has 0 amide bonds. The van der Waals surface area contributed by atoms with Crippen LogP contribution in [0.1, 0.15) is 26.7 Å². The van der Waals surface area contributed by atoms with E-state index in [4.69, 9.17) is 10.00 Å². The largest absolute Gasteiger partial charge is 0.377 e. The lowest BCUT2D eigenvalue weighted by molar-refractivity contribution is 0.00410. The smallest absolute Gasteiger partial charge is 0.121 e. The van der Waals surface area contributed by atoms with E-state index in [9.17, 15) is 0 Å². The molecule has 1 saturated heterocycles. The van der Waals surface area contributed by atoms with E-state index in [1.807, 2.05) is 0 Å². The Bertz CT molecular complexity index is 332. The third kappa shape index (κ3) is 2.88. The van der Waals surface area contributed by atoms with Gasteiger partial charge in [-0.25, -0.2) is 0 Å². The van der Waals surface area contributed by atoms with Gasteiger partial charge in [-0.2, -0.15) is 5.26 Å². The Hall–Kier alpha value is -0.850. The molecule has 0 aromatic rings. The summed E-state index contributed by atoms with van der Waals surface area (Å²) in [7, 11) is 0. The molecular formula is C14H22N2O. The van der Waals surface area contributed by atoms with Crippen LogP contribution in [0.25, 0.3) is 0 Å². The maximum Gasteiger partial charge on any atom is 0.121 e. The Kier molecular flexibility index (Phi) is 4.20. The molecule has 3 heteroatoms. The predicted octanol–water partition coefficient (Wildman–Crippen LogP) is 2.20. The molecule has 3 nitrogen and oxygen atoms in total. The van der Waals surface area contributed by atoms with E-state index in [0.29, 0.717) is 12.5 Å². The maximum atomic E-state index is 9.14. The summed E-state index contributed by atoms with van der Waals surface area (Å²) in [5.74, 6) is 1.36. The van der Waals surface area contributed by atoms with Crippen LogP contribution in [0.2, 0.25) is 0 Å². The van der Waals surface area contributed by atoms with Crippen molar-refractivity contribution in [1.82, 2.24) is 4.90 Å². The van der Waals surface area contributed by atoms with Gasteiger partial charge in [-0.3, -0.25) is 4.90 Å². The highest BCUT2D eigenvalue weighted by Crippen LogP contribution is 2.31. The van der Waals surface area contributed by atoms with Crippen molar-refractivity contribution in [2.45, 2.75) is 32.7 Å². The summed E-state index contributed by atoms with van der Waals surface area (Å²) in [5.41, 5.74) is 1.51. The van der Waals surface area contributed by atoms with E-state index < -0.39 is 0 Å². The SMILES string of the molecule is CC1=CCC[C@H](C)[C@H]1CN1CCOC[C@@H]1C#N. The third-order valence-electron chi connectivity index (χ3n) is 4.18. The van der Waals surface area contributed by atoms with Gasteiger partial charge in [-0.15, -0.1) is 0 Å². The van der Waals surface area contributed by atoms with Gasteiger partial charge >= 0.3 is 0 Å². The minimum atomic E-state index is -0.0503. The van der Waals surface area contributed by atoms with E-state index in [2.05, 4.69) is 30.9 Å². The molecule has 0 unspecified atom stereocenters. The average molecular weight is 234 g/mol. The van der Waals surface area contributed by atoms with Crippen molar-refractivity contribution in [3.8, 4) is 6.07 Å². The van der Waals surface area contributed by atoms with Crippen LogP contribution in [0.15, 0.2) is 11.6 Å². The summed E-state index contributed by atoms with van der Waals surface area (Å²) in [6.45, 7) is 7.83. The molecule has 0 aromatic heterocycles. The highest BCUT2D eigenvalue weighted by atomic mass is 16.5. The molecule has 2 rings (SSSR count). The van der Waals surface area contributed by atoms with Gasteiger partial charge in [-0.1, -0.05) is 18.6 Å². The second-order valence-electron chi connectivity index (χ2n) is 5.32. The number of hydrogen-bond donors (Lipinski definition) is 0. The zero-order valence-electron chi connectivity index (χ0n) is 10.9. The highest BCUT2D eigenvalue weighted by Gasteiger charge is 2.29. The molecule has 1 heterocycles. The van der Waals surface area contributed by atoms with E-state index in [0.717, 1.165) is 25.6 Å². The van der Waals surface area contributed by atoms with Gasteiger partial charge in [0.2, 0.25) is 0 Å². The lowest BCUT2D eigenvalue weighted by Gasteiger charge is -2.37. The van der Waals surface area contributed by atoms with Crippen LogP contribution in [-0.4, -0.2) is 37.2 Å². The van der Waals surface area contributed by atoms with Crippen LogP contribution < -0.4 is 0 Å². The molecule has 1 aliphatic carbocycles. The van der Waals surface area contributed by atoms with Crippen LogP contribution in [0.4, 0.5) is 0 Å². The minimum Gasteiger partial charge on any atom is -0.377 e. The molecule has 0 radical (unpaired) electrons. The summed E-state index contributed by atoms with van der Waals surface area (Å²) < 4.78 is 5.37. The minimum absolute atomic E-state index is 0.0503. The predicted molar refractivity (Wildman–Crippen MR) is 67.4 cm³/mol. The number of nitriles is 1. The molecular weight excluding hydrogens is 212 g/mol. The Balaban J connectivity index is 2.01. The fraction of sp³-hybridized carbons (Fsp3) is 0.786. The number of allylic oxidation sites excluding steroid dienone is 1. The Morgan fingerprint density at radius 3 is 3.12 bits per heavy atom. The molecule has 0 bridgehead atoms. The van der Waals surface area contributed by atoms with E-state index in [1.165, 1.54) is 18.4 Å². The molecule has 0 spiro atoms. The first-order valence-electron chi connectivity index (χ1n) is 6.60. The van der Waals surface area contributed by atoms with Gasteiger partial charge in [0.1, 0.15) is 6.04 Å². The van der Waals surface area contributed by atoms with Crippen molar-refractivity contribution in [3.63, 3.8) is 0 Å². The number of ether oxygens (including phenoxy) is 1. The Morgan fingerprint density at radius 2 is 2.41 bits per heavy atom. The molecule has 0 aromatic carbocycles. The quantitative estimate of drug-likeness (QED) is 0.687. The lowest BCUT2D eigenvalue weighted by Crippen LogP contribution is -2.47. The number of hydrogen-bond acceptors (Lipinski definition) is 3. The van der Waals surface area contributed by atoms with E-state index in [1.54, 1.807) is 0 Å². The second-order valence-corrected chi connectivity index (χ2v) is 5.32. The second kappa shape index (κ2) is 5.66. The van der Waals surface area contributed by atoms with Gasteiger partial charge in [-0.05, 0) is 31.6 Å². The van der Waals surface area contributed by atoms with Crippen molar-refractivity contribution in [2.75, 3.05) is 26.3 Å². The van der Waals surface area contributed by atoms with Crippen LogP contribution >= 0.6 is 0 Å². The summed E-state index contributed by atoms with van der Waals surface area (Å²) >= 11 is 0. The van der Waals surface area contributed by atoms with Gasteiger partial charge in [0.15, 0.2) is 0 Å². The standard InChI is InChI=1S/C14H22N2O/c1-11-4-3-5-12(2)14(11)9-16-6-7-17-10-13(16)8-15/h4,12-14H,3,5-7,9-10H2,1-2H3/t12-,13-,14-/m0/s1. The van der Waals surface area contributed by atoms with Gasteiger partial charge in [0, 0.05) is 13.1 Å². The third-order valence-corrected chi connectivity index (χ3v) is 4.18. The normalized spacial score (nSPS) is 35.1. The highest BCUT2D eigenvalue weighted by molar-refractivity contribution is 5.10. The molecule has 1 fully saturated rings. The van der Waals surface area contributed by atoms with Gasteiger partial charge < -0.3 is 4.74 Å². The van der Waals surface area contributed by atoms with Gasteiger partial charge in [0.25, 0.3) is 0 Å². The fourth-order valence-corrected chi connectivity index (χ4v) is 2.93. The first kappa shape index (κ1) is 12.6. The summed E-state index contributed by atoms with van der Waals surface area (Å²) in [4.78, 5) is 2.30. The molecule has 0 N–H and O–H groups in total. The van der Waals surface area contributed by atoms with Crippen molar-refractivity contribution in [2.24, 2.45) is 11.8 Å². The van der Waals surface area contributed by atoms with Crippen molar-refractivity contribution in [3.05, 3.63) is 11.6 Å². The Morgan fingerprint density at radius 1 is 1.59 bits per heavy atom. The molecule has 0 saturated carbocycles. The lowest BCUT2D eigenvalue weighted by atomic mass is 9.79. The summed E-state index contributed by atoms with van der Waals surface area (Å²) in [5, 5.41) is 9.14. The first-order valence-corrected chi connectivity index (χ1v) is 6.60. The maximum absolute atomic E-state index is 9.14. The number of morpholine rings is 1. The van der Waals surface area contributed by atoms with Crippen LogP contribution in [0.3, 0.4) is 0 Å². The molecule has 17 heavy (non-hydrogen) atoms. The van der Waals surface area contributed by atoms with E-state index in [-0.39, 0.29) is 6.04 Å². The first-order chi connectivity index (χ1) is 8.22. The fourth-order valence-electron chi connectivity index (χ4n) is 2.93. The van der Waals surface area contributed by atoms with Crippen molar-refractivity contribution in [1.29, 1.82) is 5.26 Å². The summed E-state index contributed by atoms with van der Waals surface area (Å²) in [6.07, 6.45) is 4.87. The zero-order valence-corrected chi connectivity index (χ0v) is 10.9. The molecule has 2 aliphatic rings.